The van der Waals surface area contributed by atoms with Crippen molar-refractivity contribution < 1.29 is 4.79 Å². The van der Waals surface area contributed by atoms with Crippen LogP contribution in [0.4, 0.5) is 11.4 Å². The number of pyridine rings is 2. The molecule has 0 aliphatic carbocycles. The monoisotopic (exact) mass is 370 g/mol. The van der Waals surface area contributed by atoms with Gasteiger partial charge in [0.05, 0.1) is 33.5 Å². The fourth-order valence-corrected chi connectivity index (χ4v) is 3.63. The minimum absolute atomic E-state index is 0.107. The van der Waals surface area contributed by atoms with Crippen LogP contribution in [0.5, 0.6) is 0 Å². The number of nitrogens with zero attached hydrogens (tertiary/aromatic N) is 3. The molecule has 8 heteroatoms. The molecule has 1 fully saturated rings. The summed E-state index contributed by atoms with van der Waals surface area (Å²) >= 11 is 6.49. The molecule has 1 amide bonds. The van der Waals surface area contributed by atoms with Crippen LogP contribution in [0, 0.1) is 0 Å². The zero-order valence-corrected chi connectivity index (χ0v) is 14.8. The smallest absolute Gasteiger partial charge is 0.257 e. The topological polar surface area (TPSA) is 99.9 Å². The minimum atomic E-state index is -0.236. The van der Waals surface area contributed by atoms with Crippen LogP contribution in [0.15, 0.2) is 36.9 Å². The summed E-state index contributed by atoms with van der Waals surface area (Å²) in [4.78, 5) is 26.1. The maximum Gasteiger partial charge on any atom is 0.257 e. The number of aromatic amines is 1. The molecule has 3 aromatic heterocycles. The maximum absolute atomic E-state index is 12.5. The molecular weight excluding hydrogens is 352 g/mol. The maximum atomic E-state index is 12.5. The first-order chi connectivity index (χ1) is 12.6. The number of piperidine rings is 1. The highest BCUT2D eigenvalue weighted by molar-refractivity contribution is 6.35. The molecule has 4 rings (SSSR count). The van der Waals surface area contributed by atoms with Gasteiger partial charge in [-0.1, -0.05) is 11.6 Å². The van der Waals surface area contributed by atoms with E-state index in [1.54, 1.807) is 30.7 Å². The van der Waals surface area contributed by atoms with E-state index in [1.165, 1.54) is 6.20 Å². The lowest BCUT2D eigenvalue weighted by Crippen LogP contribution is -2.43. The van der Waals surface area contributed by atoms with Crippen LogP contribution in [-0.2, 0) is 0 Å². The number of H-pyrrole nitrogens is 1. The Kier molecular flexibility index (Phi) is 4.48. The van der Waals surface area contributed by atoms with Crippen LogP contribution in [0.25, 0.3) is 11.0 Å². The van der Waals surface area contributed by atoms with Gasteiger partial charge in [0.15, 0.2) is 0 Å². The molecule has 7 nitrogen and oxygen atoms in total. The van der Waals surface area contributed by atoms with Gasteiger partial charge >= 0.3 is 0 Å². The van der Waals surface area contributed by atoms with E-state index in [9.17, 15) is 4.79 Å². The van der Waals surface area contributed by atoms with Gasteiger partial charge in [-0.15, -0.1) is 0 Å². The van der Waals surface area contributed by atoms with E-state index in [4.69, 9.17) is 17.3 Å². The molecule has 0 bridgehead atoms. The lowest BCUT2D eigenvalue weighted by molar-refractivity contribution is 0.102. The number of amides is 1. The van der Waals surface area contributed by atoms with Crippen LogP contribution in [-0.4, -0.2) is 40.0 Å². The first kappa shape index (κ1) is 16.8. The summed E-state index contributed by atoms with van der Waals surface area (Å²) in [6.45, 7) is 1.59. The summed E-state index contributed by atoms with van der Waals surface area (Å²) in [5.41, 5.74) is 8.79. The standard InChI is InChI=1S/C18H19ClN6O/c19-13-8-22-17-15(16(13)25-6-2-4-12(20)10-25)14(9-23-17)24-18(26)11-3-1-5-21-7-11/h1,3,5,7-9,12H,2,4,6,10,20H2,(H,22,23)(H,24,26)/t12-/m1/s1. The summed E-state index contributed by atoms with van der Waals surface area (Å²) in [5.74, 6) is -0.236. The Balaban J connectivity index is 1.74. The molecule has 1 aliphatic rings. The quantitative estimate of drug-likeness (QED) is 0.658. The molecule has 26 heavy (non-hydrogen) atoms. The predicted octanol–water partition coefficient (Wildman–Crippen LogP) is 2.79. The second kappa shape index (κ2) is 6.93. The predicted molar refractivity (Wildman–Crippen MR) is 103 cm³/mol. The van der Waals surface area contributed by atoms with E-state index in [1.807, 2.05) is 0 Å². The van der Waals surface area contributed by atoms with E-state index in [-0.39, 0.29) is 11.9 Å². The molecule has 0 radical (unpaired) electrons. The van der Waals surface area contributed by atoms with Gasteiger partial charge in [-0.05, 0) is 25.0 Å². The Morgan fingerprint density at radius 3 is 3.08 bits per heavy atom. The van der Waals surface area contributed by atoms with Crippen molar-refractivity contribution in [3.05, 3.63) is 47.5 Å². The van der Waals surface area contributed by atoms with Gasteiger partial charge in [0.2, 0.25) is 0 Å². The number of halogens is 1. The number of aromatic nitrogens is 3. The van der Waals surface area contributed by atoms with Crippen molar-refractivity contribution in [2.75, 3.05) is 23.3 Å². The third kappa shape index (κ3) is 3.11. The second-order valence-corrected chi connectivity index (χ2v) is 6.83. The van der Waals surface area contributed by atoms with Gasteiger partial charge in [0.25, 0.3) is 5.91 Å². The van der Waals surface area contributed by atoms with Crippen molar-refractivity contribution in [2.24, 2.45) is 5.73 Å². The number of carbonyl (C=O) groups is 1. The molecule has 1 aliphatic heterocycles. The Bertz CT molecular complexity index is 942. The van der Waals surface area contributed by atoms with Gasteiger partial charge in [-0.2, -0.15) is 0 Å². The third-order valence-electron chi connectivity index (χ3n) is 4.58. The van der Waals surface area contributed by atoms with Crippen molar-refractivity contribution in [1.82, 2.24) is 15.0 Å². The van der Waals surface area contributed by atoms with Crippen LogP contribution in [0.3, 0.4) is 0 Å². The molecule has 134 valence electrons. The average Bonchev–Trinajstić information content (AvgIpc) is 3.05. The highest BCUT2D eigenvalue weighted by Gasteiger charge is 2.24. The molecule has 4 N–H and O–H groups in total. The van der Waals surface area contributed by atoms with Gasteiger partial charge < -0.3 is 20.9 Å². The molecule has 0 aromatic carbocycles. The van der Waals surface area contributed by atoms with Gasteiger partial charge in [0.1, 0.15) is 5.65 Å². The summed E-state index contributed by atoms with van der Waals surface area (Å²) < 4.78 is 0. The highest BCUT2D eigenvalue weighted by atomic mass is 35.5. The normalized spacial score (nSPS) is 17.5. The zero-order valence-electron chi connectivity index (χ0n) is 14.1. The summed E-state index contributed by atoms with van der Waals surface area (Å²) in [5, 5.41) is 4.27. The van der Waals surface area contributed by atoms with E-state index >= 15 is 0 Å². The van der Waals surface area contributed by atoms with Crippen molar-refractivity contribution in [3.8, 4) is 0 Å². The second-order valence-electron chi connectivity index (χ2n) is 6.42. The molecule has 1 saturated heterocycles. The zero-order chi connectivity index (χ0) is 18.1. The van der Waals surface area contributed by atoms with Crippen molar-refractivity contribution in [3.63, 3.8) is 0 Å². The third-order valence-corrected chi connectivity index (χ3v) is 4.85. The number of nitrogens with one attached hydrogen (secondary N) is 2. The number of fused-ring (bicyclic) bond motifs is 1. The van der Waals surface area contributed by atoms with E-state index in [0.717, 1.165) is 37.0 Å². The largest absolute Gasteiger partial charge is 0.368 e. The molecule has 0 saturated carbocycles. The van der Waals surface area contributed by atoms with Crippen LogP contribution >= 0.6 is 11.6 Å². The number of anilines is 2. The highest BCUT2D eigenvalue weighted by Crippen LogP contribution is 2.38. The minimum Gasteiger partial charge on any atom is -0.368 e. The van der Waals surface area contributed by atoms with Crippen LogP contribution in [0.1, 0.15) is 23.2 Å². The first-order valence-electron chi connectivity index (χ1n) is 8.51. The summed E-state index contributed by atoms with van der Waals surface area (Å²) in [6.07, 6.45) is 8.52. The number of hydrogen-bond donors (Lipinski definition) is 3. The van der Waals surface area contributed by atoms with Crippen molar-refractivity contribution >= 4 is 39.9 Å². The molecule has 0 spiro atoms. The lowest BCUT2D eigenvalue weighted by atomic mass is 10.1. The van der Waals surface area contributed by atoms with Gasteiger partial charge in [-0.25, -0.2) is 4.98 Å². The molecule has 0 unspecified atom stereocenters. The summed E-state index contributed by atoms with van der Waals surface area (Å²) in [6, 6.07) is 3.55. The number of rotatable bonds is 3. The Morgan fingerprint density at radius 1 is 1.42 bits per heavy atom. The molecule has 4 heterocycles. The number of hydrogen-bond acceptors (Lipinski definition) is 5. The summed E-state index contributed by atoms with van der Waals surface area (Å²) in [7, 11) is 0. The SMILES string of the molecule is N[C@@H]1CCCN(c2c(Cl)cnc3[nH]cc(NC(=O)c4cccnc4)c23)C1. The lowest BCUT2D eigenvalue weighted by Gasteiger charge is -2.33. The fourth-order valence-electron chi connectivity index (χ4n) is 3.37. The van der Waals surface area contributed by atoms with Crippen LogP contribution < -0.4 is 16.0 Å². The van der Waals surface area contributed by atoms with Crippen LogP contribution in [0.2, 0.25) is 5.02 Å². The molecule has 1 atom stereocenters. The van der Waals surface area contributed by atoms with E-state index in [0.29, 0.717) is 21.9 Å². The number of carbonyl (C=O) groups excluding carboxylic acids is 1. The Morgan fingerprint density at radius 2 is 2.31 bits per heavy atom. The molecule has 3 aromatic rings. The van der Waals surface area contributed by atoms with Crippen molar-refractivity contribution in [1.29, 1.82) is 0 Å². The first-order valence-corrected chi connectivity index (χ1v) is 8.89. The van der Waals surface area contributed by atoms with E-state index in [2.05, 4.69) is 25.2 Å². The van der Waals surface area contributed by atoms with E-state index < -0.39 is 0 Å². The van der Waals surface area contributed by atoms with Gasteiger partial charge in [-0.3, -0.25) is 9.78 Å². The number of nitrogens with two attached hydrogens (primary N) is 1. The Labute approximate surface area is 155 Å². The molecular formula is C18H19ClN6O. The van der Waals surface area contributed by atoms with Gasteiger partial charge in [0, 0.05) is 37.7 Å². The fraction of sp³-hybridized carbons (Fsp3) is 0.278. The Hall–Kier alpha value is -2.64. The average molecular weight is 371 g/mol. The van der Waals surface area contributed by atoms with Crippen molar-refractivity contribution in [2.45, 2.75) is 18.9 Å².